The van der Waals surface area contributed by atoms with Crippen LogP contribution in [-0.2, 0) is 4.74 Å². The Morgan fingerprint density at radius 3 is 2.06 bits per heavy atom. The lowest BCUT2D eigenvalue weighted by Gasteiger charge is -2.11. The third kappa shape index (κ3) is 2.21. The van der Waals surface area contributed by atoms with Crippen molar-refractivity contribution in [3.8, 4) is 11.1 Å². The SMILES string of the molecule is C1=COCC(c2ccc(-c3ccccc3)cc2)=C1. The highest BCUT2D eigenvalue weighted by Gasteiger charge is 2.04. The number of benzene rings is 2. The zero-order chi connectivity index (χ0) is 12.2. The number of hydrogen-bond donors (Lipinski definition) is 0. The molecule has 1 heterocycles. The van der Waals surface area contributed by atoms with Crippen LogP contribution >= 0.6 is 0 Å². The van der Waals surface area contributed by atoms with Gasteiger partial charge in [0.2, 0.25) is 0 Å². The number of hydrogen-bond acceptors (Lipinski definition) is 1. The van der Waals surface area contributed by atoms with Gasteiger partial charge in [0, 0.05) is 0 Å². The van der Waals surface area contributed by atoms with Gasteiger partial charge in [-0.2, -0.15) is 0 Å². The van der Waals surface area contributed by atoms with E-state index in [4.69, 9.17) is 4.74 Å². The maximum atomic E-state index is 5.30. The van der Waals surface area contributed by atoms with Crippen LogP contribution in [0.5, 0.6) is 0 Å². The van der Waals surface area contributed by atoms with Gasteiger partial charge in [0.15, 0.2) is 0 Å². The predicted molar refractivity (Wildman–Crippen MR) is 74.9 cm³/mol. The van der Waals surface area contributed by atoms with E-state index in [9.17, 15) is 0 Å². The van der Waals surface area contributed by atoms with E-state index in [-0.39, 0.29) is 0 Å². The van der Waals surface area contributed by atoms with Crippen LogP contribution in [0.25, 0.3) is 16.7 Å². The van der Waals surface area contributed by atoms with Gasteiger partial charge in [0.1, 0.15) is 6.61 Å². The highest BCUT2D eigenvalue weighted by Crippen LogP contribution is 2.23. The summed E-state index contributed by atoms with van der Waals surface area (Å²) in [5, 5.41) is 0. The first-order valence-electron chi connectivity index (χ1n) is 6.07. The largest absolute Gasteiger partial charge is 0.496 e. The lowest BCUT2D eigenvalue weighted by Crippen LogP contribution is -1.96. The zero-order valence-corrected chi connectivity index (χ0v) is 10.0. The number of allylic oxidation sites excluding steroid dienone is 2. The highest BCUT2D eigenvalue weighted by molar-refractivity contribution is 5.72. The molecule has 0 saturated carbocycles. The molecule has 1 aliphatic heterocycles. The standard InChI is InChI=1S/C17H14O/c1-2-5-14(6-3-1)15-8-10-16(11-9-15)17-7-4-12-18-13-17/h1-12H,13H2. The van der Waals surface area contributed by atoms with Gasteiger partial charge < -0.3 is 4.74 Å². The van der Waals surface area contributed by atoms with E-state index in [2.05, 4.69) is 54.6 Å². The third-order valence-electron chi connectivity index (χ3n) is 3.07. The molecule has 1 nitrogen and oxygen atoms in total. The van der Waals surface area contributed by atoms with Gasteiger partial charge >= 0.3 is 0 Å². The van der Waals surface area contributed by atoms with E-state index in [0.717, 1.165) is 0 Å². The molecule has 0 saturated heterocycles. The monoisotopic (exact) mass is 234 g/mol. The van der Waals surface area contributed by atoms with Crippen molar-refractivity contribution in [2.75, 3.05) is 6.61 Å². The number of ether oxygens (including phenoxy) is 1. The van der Waals surface area contributed by atoms with Crippen molar-refractivity contribution >= 4 is 5.57 Å². The molecule has 0 unspecified atom stereocenters. The van der Waals surface area contributed by atoms with Gasteiger partial charge in [-0.3, -0.25) is 0 Å². The van der Waals surface area contributed by atoms with Crippen molar-refractivity contribution in [3.63, 3.8) is 0 Å². The summed E-state index contributed by atoms with van der Waals surface area (Å²) in [6, 6.07) is 19.0. The van der Waals surface area contributed by atoms with Gasteiger partial charge in [-0.1, -0.05) is 60.7 Å². The molecule has 0 aliphatic carbocycles. The van der Waals surface area contributed by atoms with Gasteiger partial charge in [0.05, 0.1) is 6.26 Å². The second kappa shape index (κ2) is 4.92. The van der Waals surface area contributed by atoms with Crippen LogP contribution in [0.1, 0.15) is 5.56 Å². The molecule has 2 aromatic carbocycles. The summed E-state index contributed by atoms with van der Waals surface area (Å²) in [7, 11) is 0. The maximum Gasteiger partial charge on any atom is 0.113 e. The van der Waals surface area contributed by atoms with Crippen LogP contribution in [0, 0.1) is 0 Å². The Bertz CT molecular complexity index is 577. The smallest absolute Gasteiger partial charge is 0.113 e. The van der Waals surface area contributed by atoms with Crippen molar-refractivity contribution < 1.29 is 4.74 Å². The Kier molecular flexibility index (Phi) is 2.97. The van der Waals surface area contributed by atoms with Crippen LogP contribution in [0.15, 0.2) is 73.0 Å². The summed E-state index contributed by atoms with van der Waals surface area (Å²) in [5.74, 6) is 0. The molecule has 0 spiro atoms. The molecule has 0 bridgehead atoms. The van der Waals surface area contributed by atoms with Crippen LogP contribution in [0.4, 0.5) is 0 Å². The molecular formula is C17H14O. The van der Waals surface area contributed by atoms with Crippen molar-refractivity contribution in [1.82, 2.24) is 0 Å². The molecular weight excluding hydrogens is 220 g/mol. The molecule has 88 valence electrons. The Labute approximate surface area is 107 Å². The first-order valence-corrected chi connectivity index (χ1v) is 6.07. The zero-order valence-electron chi connectivity index (χ0n) is 10.0. The fourth-order valence-corrected chi connectivity index (χ4v) is 2.08. The molecule has 0 N–H and O–H groups in total. The molecule has 1 aliphatic rings. The quantitative estimate of drug-likeness (QED) is 0.753. The normalized spacial score (nSPS) is 13.9. The molecule has 3 rings (SSSR count). The summed E-state index contributed by atoms with van der Waals surface area (Å²) in [6.07, 6.45) is 5.76. The third-order valence-corrected chi connectivity index (χ3v) is 3.07. The first kappa shape index (κ1) is 10.8. The molecule has 0 fully saturated rings. The highest BCUT2D eigenvalue weighted by atomic mass is 16.5. The van der Waals surface area contributed by atoms with Crippen molar-refractivity contribution in [1.29, 1.82) is 0 Å². The van der Waals surface area contributed by atoms with E-state index >= 15 is 0 Å². The second-order valence-corrected chi connectivity index (χ2v) is 4.27. The molecule has 0 aromatic heterocycles. The Hall–Kier alpha value is -2.28. The second-order valence-electron chi connectivity index (χ2n) is 4.27. The predicted octanol–water partition coefficient (Wildman–Crippen LogP) is 4.28. The van der Waals surface area contributed by atoms with E-state index in [1.54, 1.807) is 6.26 Å². The van der Waals surface area contributed by atoms with Crippen molar-refractivity contribution in [2.24, 2.45) is 0 Å². The minimum atomic E-state index is 0.654. The fourth-order valence-electron chi connectivity index (χ4n) is 2.08. The molecule has 0 amide bonds. The van der Waals surface area contributed by atoms with E-state index in [1.165, 1.54) is 22.3 Å². The van der Waals surface area contributed by atoms with Gasteiger partial charge in [-0.05, 0) is 28.3 Å². The van der Waals surface area contributed by atoms with Gasteiger partial charge in [-0.15, -0.1) is 0 Å². The summed E-state index contributed by atoms with van der Waals surface area (Å²) in [6.45, 7) is 0.654. The minimum Gasteiger partial charge on any atom is -0.496 e. The first-order chi connectivity index (χ1) is 8.93. The summed E-state index contributed by atoms with van der Waals surface area (Å²) < 4.78 is 5.30. The summed E-state index contributed by atoms with van der Waals surface area (Å²) in [4.78, 5) is 0. The maximum absolute atomic E-state index is 5.30. The molecule has 0 atom stereocenters. The van der Waals surface area contributed by atoms with E-state index in [1.807, 2.05) is 12.1 Å². The molecule has 1 heteroatoms. The van der Waals surface area contributed by atoms with Crippen molar-refractivity contribution in [3.05, 3.63) is 78.6 Å². The number of rotatable bonds is 2. The molecule has 2 aromatic rings. The minimum absolute atomic E-state index is 0.654. The van der Waals surface area contributed by atoms with E-state index in [0.29, 0.717) is 6.61 Å². The Morgan fingerprint density at radius 1 is 0.722 bits per heavy atom. The summed E-state index contributed by atoms with van der Waals surface area (Å²) >= 11 is 0. The van der Waals surface area contributed by atoms with Crippen LogP contribution in [0.3, 0.4) is 0 Å². The Balaban J connectivity index is 1.90. The van der Waals surface area contributed by atoms with Crippen LogP contribution in [0.2, 0.25) is 0 Å². The average Bonchev–Trinajstić information content (AvgIpc) is 2.49. The fraction of sp³-hybridized carbons (Fsp3) is 0.0588. The van der Waals surface area contributed by atoms with E-state index < -0.39 is 0 Å². The average molecular weight is 234 g/mol. The van der Waals surface area contributed by atoms with Gasteiger partial charge in [-0.25, -0.2) is 0 Å². The lowest BCUT2D eigenvalue weighted by molar-refractivity contribution is 0.293. The lowest BCUT2D eigenvalue weighted by atomic mass is 10.0. The Morgan fingerprint density at radius 2 is 1.39 bits per heavy atom. The summed E-state index contributed by atoms with van der Waals surface area (Å²) in [5.41, 5.74) is 4.93. The van der Waals surface area contributed by atoms with Crippen molar-refractivity contribution in [2.45, 2.75) is 0 Å². The molecule has 18 heavy (non-hydrogen) atoms. The van der Waals surface area contributed by atoms with Crippen LogP contribution in [-0.4, -0.2) is 6.61 Å². The topological polar surface area (TPSA) is 9.23 Å². The molecule has 0 radical (unpaired) electrons. The van der Waals surface area contributed by atoms with Gasteiger partial charge in [0.25, 0.3) is 0 Å². The van der Waals surface area contributed by atoms with Crippen LogP contribution < -0.4 is 0 Å².